The Morgan fingerprint density at radius 1 is 1.50 bits per heavy atom. The van der Waals surface area contributed by atoms with Gasteiger partial charge in [-0.2, -0.15) is 0 Å². The molecule has 1 amide bonds. The van der Waals surface area contributed by atoms with Crippen molar-refractivity contribution in [3.63, 3.8) is 0 Å². The highest BCUT2D eigenvalue weighted by Gasteiger charge is 2.22. The summed E-state index contributed by atoms with van der Waals surface area (Å²) < 4.78 is 29.5. The van der Waals surface area contributed by atoms with Crippen LogP contribution < -0.4 is 11.1 Å². The fraction of sp³-hybridized carbons (Fsp3) is 0.417. The van der Waals surface area contributed by atoms with Gasteiger partial charge in [-0.05, 0) is 41.1 Å². The van der Waals surface area contributed by atoms with Crippen LogP contribution in [0.1, 0.15) is 6.92 Å². The summed E-state index contributed by atoms with van der Waals surface area (Å²) in [7, 11) is -2.22. The number of nitrogen functional groups attached to an aromatic ring is 1. The molecule has 0 radical (unpaired) electrons. The largest absolute Gasteiger partial charge is 0.399 e. The van der Waals surface area contributed by atoms with Gasteiger partial charge in [0.05, 0.1) is 11.5 Å². The number of hydrogen-bond acceptors (Lipinski definition) is 5. The van der Waals surface area contributed by atoms with E-state index < -0.39 is 21.5 Å². The number of benzene rings is 1. The van der Waals surface area contributed by atoms with Crippen LogP contribution in [0.4, 0.5) is 5.69 Å². The van der Waals surface area contributed by atoms with Gasteiger partial charge in [0, 0.05) is 23.3 Å². The zero-order valence-corrected chi connectivity index (χ0v) is 13.6. The summed E-state index contributed by atoms with van der Waals surface area (Å²) in [6.45, 7) is 2.05. The fourth-order valence-electron chi connectivity index (χ4n) is 1.63. The minimum atomic E-state index is -3.72. The summed E-state index contributed by atoms with van der Waals surface area (Å²) in [4.78, 5) is 11.8. The van der Waals surface area contributed by atoms with E-state index in [9.17, 15) is 13.2 Å². The summed E-state index contributed by atoms with van der Waals surface area (Å²) in [5.74, 6) is -1.19. The lowest BCUT2D eigenvalue weighted by Crippen LogP contribution is -2.39. The quantitative estimate of drug-likeness (QED) is 0.732. The van der Waals surface area contributed by atoms with Gasteiger partial charge >= 0.3 is 0 Å². The summed E-state index contributed by atoms with van der Waals surface area (Å²) in [5, 5.41) is 2.55. The highest BCUT2D eigenvalue weighted by atomic mass is 79.9. The Balaban J connectivity index is 2.82. The molecule has 0 aliphatic carbocycles. The lowest BCUT2D eigenvalue weighted by Gasteiger charge is -2.13. The van der Waals surface area contributed by atoms with Crippen molar-refractivity contribution in [3.05, 3.63) is 22.7 Å². The zero-order valence-electron chi connectivity index (χ0n) is 11.2. The molecule has 1 aromatic carbocycles. The van der Waals surface area contributed by atoms with E-state index in [0.29, 0.717) is 16.8 Å². The predicted octanol–water partition coefficient (Wildman–Crippen LogP) is 0.956. The number of rotatable bonds is 6. The minimum Gasteiger partial charge on any atom is -0.399 e. The molecular formula is C12H17BrN2O4S. The first-order valence-electron chi connectivity index (χ1n) is 5.82. The highest BCUT2D eigenvalue weighted by Crippen LogP contribution is 2.25. The van der Waals surface area contributed by atoms with Gasteiger partial charge in [-0.3, -0.25) is 4.79 Å². The number of carbonyl (C=O) groups excluding carboxylic acids is 1. The number of nitrogens with one attached hydrogen (secondary N) is 1. The van der Waals surface area contributed by atoms with Crippen molar-refractivity contribution < 1.29 is 17.9 Å². The van der Waals surface area contributed by atoms with E-state index in [0.717, 1.165) is 0 Å². The summed E-state index contributed by atoms with van der Waals surface area (Å²) in [5.41, 5.74) is 5.99. The maximum atomic E-state index is 12.2. The third-order valence-corrected chi connectivity index (χ3v) is 5.02. The summed E-state index contributed by atoms with van der Waals surface area (Å²) in [6.07, 6.45) is 0. The zero-order chi connectivity index (χ0) is 15.3. The van der Waals surface area contributed by atoms with Crippen LogP contribution in [-0.4, -0.2) is 39.8 Å². The molecule has 8 heteroatoms. The number of amides is 1. The Morgan fingerprint density at radius 2 is 2.15 bits per heavy atom. The third kappa shape index (κ3) is 4.77. The molecule has 0 aromatic heterocycles. The molecule has 112 valence electrons. The van der Waals surface area contributed by atoms with Crippen LogP contribution in [0.3, 0.4) is 0 Å². The molecule has 0 fully saturated rings. The predicted molar refractivity (Wildman–Crippen MR) is 80.1 cm³/mol. The number of sulfone groups is 1. The van der Waals surface area contributed by atoms with Crippen molar-refractivity contribution in [3.8, 4) is 0 Å². The van der Waals surface area contributed by atoms with Gasteiger partial charge in [0.15, 0.2) is 9.84 Å². The van der Waals surface area contributed by atoms with Crippen LogP contribution >= 0.6 is 15.9 Å². The van der Waals surface area contributed by atoms with Crippen LogP contribution in [0.5, 0.6) is 0 Å². The van der Waals surface area contributed by atoms with Gasteiger partial charge in [-0.25, -0.2) is 8.42 Å². The number of nitrogens with two attached hydrogens (primary N) is 1. The van der Waals surface area contributed by atoms with Crippen molar-refractivity contribution in [1.82, 2.24) is 5.32 Å². The maximum Gasteiger partial charge on any atom is 0.235 e. The van der Waals surface area contributed by atoms with E-state index in [1.54, 1.807) is 6.92 Å². The van der Waals surface area contributed by atoms with Gasteiger partial charge in [0.1, 0.15) is 5.75 Å². The van der Waals surface area contributed by atoms with Gasteiger partial charge in [-0.1, -0.05) is 0 Å². The molecule has 0 aliphatic heterocycles. The molecule has 6 nitrogen and oxygen atoms in total. The van der Waals surface area contributed by atoms with Crippen molar-refractivity contribution in [1.29, 1.82) is 0 Å². The van der Waals surface area contributed by atoms with E-state index in [2.05, 4.69) is 21.2 Å². The second kappa shape index (κ2) is 7.05. The molecule has 1 unspecified atom stereocenters. The topological polar surface area (TPSA) is 98.5 Å². The molecule has 20 heavy (non-hydrogen) atoms. The minimum absolute atomic E-state index is 0.0428. The Hall–Kier alpha value is -1.12. The Bertz CT molecular complexity index is 589. The SMILES string of the molecule is COCC(C)NC(=O)CS(=O)(=O)c1ccc(N)cc1Br. The number of carbonyl (C=O) groups is 1. The molecule has 0 saturated carbocycles. The molecule has 0 saturated heterocycles. The molecule has 1 atom stereocenters. The summed E-state index contributed by atoms with van der Waals surface area (Å²) >= 11 is 3.14. The first-order valence-corrected chi connectivity index (χ1v) is 8.27. The first kappa shape index (κ1) is 16.9. The molecule has 1 rings (SSSR count). The van der Waals surface area contributed by atoms with Gasteiger partial charge < -0.3 is 15.8 Å². The van der Waals surface area contributed by atoms with Gasteiger partial charge in [-0.15, -0.1) is 0 Å². The number of hydrogen-bond donors (Lipinski definition) is 2. The van der Waals surface area contributed by atoms with Crippen LogP contribution in [0.25, 0.3) is 0 Å². The normalized spacial score (nSPS) is 12.9. The number of anilines is 1. The van der Waals surface area contributed by atoms with E-state index in [4.69, 9.17) is 10.5 Å². The van der Waals surface area contributed by atoms with Crippen LogP contribution in [-0.2, 0) is 19.4 Å². The van der Waals surface area contributed by atoms with Crippen molar-refractivity contribution in [2.75, 3.05) is 25.2 Å². The van der Waals surface area contributed by atoms with Crippen LogP contribution in [0.15, 0.2) is 27.6 Å². The molecule has 0 heterocycles. The second-order valence-electron chi connectivity index (χ2n) is 4.37. The standard InChI is InChI=1S/C12H17BrN2O4S/c1-8(6-19-2)15-12(16)7-20(17,18)11-4-3-9(14)5-10(11)13/h3-5,8H,6-7,14H2,1-2H3,(H,15,16). The average Bonchev–Trinajstić information content (AvgIpc) is 2.26. The highest BCUT2D eigenvalue weighted by molar-refractivity contribution is 9.10. The van der Waals surface area contributed by atoms with E-state index in [-0.39, 0.29) is 10.9 Å². The second-order valence-corrected chi connectivity index (χ2v) is 7.19. The van der Waals surface area contributed by atoms with Gasteiger partial charge in [0.25, 0.3) is 0 Å². The number of methoxy groups -OCH3 is 1. The average molecular weight is 365 g/mol. The lowest BCUT2D eigenvalue weighted by molar-refractivity contribution is -0.119. The molecule has 0 bridgehead atoms. The van der Waals surface area contributed by atoms with Crippen molar-refractivity contribution >= 4 is 37.4 Å². The summed E-state index contributed by atoms with van der Waals surface area (Å²) in [6, 6.07) is 4.08. The molecular weight excluding hydrogens is 348 g/mol. The Labute approximate surface area is 126 Å². The van der Waals surface area contributed by atoms with Crippen molar-refractivity contribution in [2.24, 2.45) is 0 Å². The smallest absolute Gasteiger partial charge is 0.235 e. The van der Waals surface area contributed by atoms with E-state index in [1.165, 1.54) is 25.3 Å². The lowest BCUT2D eigenvalue weighted by atomic mass is 10.3. The number of ether oxygens (including phenoxy) is 1. The third-order valence-electron chi connectivity index (χ3n) is 2.44. The van der Waals surface area contributed by atoms with Crippen molar-refractivity contribution in [2.45, 2.75) is 17.9 Å². The molecule has 1 aromatic rings. The maximum absolute atomic E-state index is 12.2. The Morgan fingerprint density at radius 3 is 2.70 bits per heavy atom. The molecule has 0 aliphatic rings. The molecule has 3 N–H and O–H groups in total. The first-order chi connectivity index (χ1) is 9.26. The van der Waals surface area contributed by atoms with E-state index >= 15 is 0 Å². The monoisotopic (exact) mass is 364 g/mol. The fourth-order valence-corrected chi connectivity index (χ4v) is 3.98. The van der Waals surface area contributed by atoms with Crippen LogP contribution in [0, 0.1) is 0 Å². The van der Waals surface area contributed by atoms with Gasteiger partial charge in [0.2, 0.25) is 5.91 Å². The molecule has 0 spiro atoms. The number of halogens is 1. The van der Waals surface area contributed by atoms with Crippen LogP contribution in [0.2, 0.25) is 0 Å². The van der Waals surface area contributed by atoms with E-state index in [1.807, 2.05) is 0 Å². The Kier molecular flexibility index (Phi) is 5.97.